The Morgan fingerprint density at radius 1 is 0.970 bits per heavy atom. The minimum absolute atomic E-state index is 0.000750. The second-order valence-corrected chi connectivity index (χ2v) is 8.17. The maximum Gasteiger partial charge on any atom is 0.239 e. The van der Waals surface area contributed by atoms with Crippen LogP contribution in [-0.4, -0.2) is 27.5 Å². The molecule has 174 valence electrons. The summed E-state index contributed by atoms with van der Waals surface area (Å²) >= 11 is 0. The van der Waals surface area contributed by atoms with E-state index in [1.54, 1.807) is 0 Å². The third-order valence-electron chi connectivity index (χ3n) is 5.37. The van der Waals surface area contributed by atoms with Gasteiger partial charge in [0.15, 0.2) is 17.3 Å². The first-order valence-corrected chi connectivity index (χ1v) is 10.5. The number of allylic oxidation sites excluding steroid dienone is 4. The summed E-state index contributed by atoms with van der Waals surface area (Å²) in [6.45, 7) is 6.07. The fourth-order valence-electron chi connectivity index (χ4n) is 3.57. The Hall–Kier alpha value is -3.87. The monoisotopic (exact) mass is 452 g/mol. The van der Waals surface area contributed by atoms with E-state index in [0.717, 1.165) is 24.5 Å². The first kappa shape index (κ1) is 23.8. The van der Waals surface area contributed by atoms with E-state index in [2.05, 4.69) is 6.08 Å². The number of hydrogen-bond donors (Lipinski definition) is 4. The van der Waals surface area contributed by atoms with E-state index >= 15 is 0 Å². The molecule has 3 aromatic rings. The largest absolute Gasteiger partial charge is 0.507 e. The number of phenolic OH excluding ortho intramolecular Hbond substituents is 4. The molecule has 4 N–H and O–H groups in total. The van der Waals surface area contributed by atoms with Crippen LogP contribution in [0.1, 0.15) is 39.2 Å². The van der Waals surface area contributed by atoms with Crippen LogP contribution < -0.4 is 10.2 Å². The zero-order valence-corrected chi connectivity index (χ0v) is 19.1. The standard InChI is InChI=1S/C26H28O7/c1-14(2)6-5-7-15(3)8-10-17-19(28)13-21(30)22-23(31)26(32-4)24(33-25(17)22)16-9-11-18(27)20(29)12-16/h6,8-9,11-13,27-30H,5,7,10H2,1-4H3. The number of methoxy groups -OCH3 is 1. The van der Waals surface area contributed by atoms with Gasteiger partial charge in [-0.25, -0.2) is 0 Å². The molecule has 0 amide bonds. The van der Waals surface area contributed by atoms with Gasteiger partial charge in [-0.3, -0.25) is 4.79 Å². The van der Waals surface area contributed by atoms with Crippen molar-refractivity contribution in [2.45, 2.75) is 40.0 Å². The van der Waals surface area contributed by atoms with E-state index in [0.29, 0.717) is 5.56 Å². The SMILES string of the molecule is COc1c(-c2ccc(O)c(O)c2)oc2c(CC=C(C)CCC=C(C)C)c(O)cc(O)c2c1=O. The van der Waals surface area contributed by atoms with Crippen molar-refractivity contribution in [2.75, 3.05) is 7.11 Å². The normalized spacial score (nSPS) is 11.6. The number of aromatic hydroxyl groups is 4. The highest BCUT2D eigenvalue weighted by Crippen LogP contribution is 2.40. The Balaban J connectivity index is 2.19. The van der Waals surface area contributed by atoms with Crippen LogP contribution in [0.3, 0.4) is 0 Å². The zero-order valence-electron chi connectivity index (χ0n) is 19.1. The molecule has 3 rings (SSSR count). The van der Waals surface area contributed by atoms with Gasteiger partial charge in [-0.1, -0.05) is 23.3 Å². The molecule has 0 aliphatic rings. The van der Waals surface area contributed by atoms with Gasteiger partial charge in [-0.05, 0) is 58.2 Å². The summed E-state index contributed by atoms with van der Waals surface area (Å²) in [5.74, 6) is -1.53. The molecule has 33 heavy (non-hydrogen) atoms. The number of phenols is 4. The highest BCUT2D eigenvalue weighted by Gasteiger charge is 2.23. The molecule has 7 nitrogen and oxygen atoms in total. The molecule has 0 fully saturated rings. The Bertz CT molecular complexity index is 1310. The number of benzene rings is 2. The molecule has 0 radical (unpaired) electrons. The summed E-state index contributed by atoms with van der Waals surface area (Å²) < 4.78 is 11.3. The Morgan fingerprint density at radius 2 is 1.70 bits per heavy atom. The summed E-state index contributed by atoms with van der Waals surface area (Å²) in [7, 11) is 1.29. The van der Waals surface area contributed by atoms with Crippen LogP contribution in [0, 0.1) is 0 Å². The van der Waals surface area contributed by atoms with Crippen molar-refractivity contribution in [3.8, 4) is 40.1 Å². The van der Waals surface area contributed by atoms with Crippen molar-refractivity contribution in [2.24, 2.45) is 0 Å². The van der Waals surface area contributed by atoms with Crippen LogP contribution in [0.2, 0.25) is 0 Å². The summed E-state index contributed by atoms with van der Waals surface area (Å²) in [6, 6.07) is 5.06. The van der Waals surface area contributed by atoms with Crippen molar-refractivity contribution in [3.63, 3.8) is 0 Å². The molecule has 0 spiro atoms. The third-order valence-corrected chi connectivity index (χ3v) is 5.37. The summed E-state index contributed by atoms with van der Waals surface area (Å²) in [4.78, 5) is 13.2. The van der Waals surface area contributed by atoms with E-state index < -0.39 is 16.9 Å². The van der Waals surface area contributed by atoms with Crippen molar-refractivity contribution < 1.29 is 29.6 Å². The predicted molar refractivity (Wildman–Crippen MR) is 127 cm³/mol. The van der Waals surface area contributed by atoms with E-state index in [-0.39, 0.29) is 46.0 Å². The molecule has 7 heteroatoms. The molecule has 1 heterocycles. The van der Waals surface area contributed by atoms with Gasteiger partial charge in [0.1, 0.15) is 22.5 Å². The lowest BCUT2D eigenvalue weighted by atomic mass is 10.0. The van der Waals surface area contributed by atoms with Gasteiger partial charge in [0.25, 0.3) is 0 Å². The topological polar surface area (TPSA) is 120 Å². The highest BCUT2D eigenvalue weighted by molar-refractivity contribution is 5.91. The lowest BCUT2D eigenvalue weighted by molar-refractivity contribution is 0.395. The lowest BCUT2D eigenvalue weighted by Gasteiger charge is -2.13. The molecular weight excluding hydrogens is 424 g/mol. The van der Waals surface area contributed by atoms with Crippen LogP contribution in [0.15, 0.2) is 56.8 Å². The van der Waals surface area contributed by atoms with Gasteiger partial charge in [0.2, 0.25) is 11.2 Å². The van der Waals surface area contributed by atoms with E-state index in [1.807, 2.05) is 26.8 Å². The molecule has 0 aliphatic carbocycles. The minimum atomic E-state index is -0.621. The maximum atomic E-state index is 13.2. The molecule has 2 aromatic carbocycles. The van der Waals surface area contributed by atoms with Crippen LogP contribution in [0.4, 0.5) is 0 Å². The molecule has 0 saturated heterocycles. The van der Waals surface area contributed by atoms with Crippen LogP contribution >= 0.6 is 0 Å². The second-order valence-electron chi connectivity index (χ2n) is 8.17. The first-order valence-electron chi connectivity index (χ1n) is 10.5. The fourth-order valence-corrected chi connectivity index (χ4v) is 3.57. The molecule has 0 atom stereocenters. The number of hydrogen-bond acceptors (Lipinski definition) is 7. The van der Waals surface area contributed by atoms with Crippen molar-refractivity contribution in [3.05, 3.63) is 63.4 Å². The van der Waals surface area contributed by atoms with Crippen molar-refractivity contribution in [1.82, 2.24) is 0 Å². The Kier molecular flexibility index (Phi) is 7.01. The summed E-state index contributed by atoms with van der Waals surface area (Å²) in [5.41, 5.74) is 2.37. The number of ether oxygens (including phenoxy) is 1. The van der Waals surface area contributed by atoms with Crippen molar-refractivity contribution >= 4 is 11.0 Å². The lowest BCUT2D eigenvalue weighted by Crippen LogP contribution is -2.09. The van der Waals surface area contributed by atoms with Crippen LogP contribution in [-0.2, 0) is 6.42 Å². The minimum Gasteiger partial charge on any atom is -0.507 e. The molecule has 0 aliphatic heterocycles. The average molecular weight is 453 g/mol. The van der Waals surface area contributed by atoms with Crippen molar-refractivity contribution in [1.29, 1.82) is 0 Å². The van der Waals surface area contributed by atoms with Gasteiger partial charge in [-0.15, -0.1) is 0 Å². The summed E-state index contributed by atoms with van der Waals surface area (Å²) in [6.07, 6.45) is 6.11. The van der Waals surface area contributed by atoms with E-state index in [1.165, 1.54) is 30.9 Å². The molecule has 0 unspecified atom stereocenters. The smallest absolute Gasteiger partial charge is 0.239 e. The van der Waals surface area contributed by atoms with Gasteiger partial charge in [0.05, 0.1) is 7.11 Å². The first-order chi connectivity index (χ1) is 15.6. The quantitative estimate of drug-likeness (QED) is 0.275. The van der Waals surface area contributed by atoms with E-state index in [4.69, 9.17) is 9.15 Å². The summed E-state index contributed by atoms with van der Waals surface area (Å²) in [5, 5.41) is 40.4. The maximum absolute atomic E-state index is 13.2. The van der Waals surface area contributed by atoms with E-state index in [9.17, 15) is 25.2 Å². The highest BCUT2D eigenvalue weighted by atomic mass is 16.5. The molecular formula is C26H28O7. The zero-order chi connectivity index (χ0) is 24.3. The number of fused-ring (bicyclic) bond motifs is 1. The van der Waals surface area contributed by atoms with Gasteiger partial charge >= 0.3 is 0 Å². The Labute approximate surface area is 191 Å². The fraction of sp³-hybridized carbons (Fsp3) is 0.269. The molecule has 1 aromatic heterocycles. The predicted octanol–water partition coefficient (Wildman–Crippen LogP) is 5.53. The average Bonchev–Trinajstić information content (AvgIpc) is 2.74. The molecule has 0 saturated carbocycles. The second kappa shape index (κ2) is 9.73. The van der Waals surface area contributed by atoms with Gasteiger partial charge in [0, 0.05) is 17.2 Å². The van der Waals surface area contributed by atoms with Crippen LogP contribution in [0.5, 0.6) is 28.7 Å². The Morgan fingerprint density at radius 3 is 2.33 bits per heavy atom. The van der Waals surface area contributed by atoms with Gasteiger partial charge in [-0.2, -0.15) is 0 Å². The molecule has 0 bridgehead atoms. The third kappa shape index (κ3) is 4.98. The number of rotatable bonds is 7. The van der Waals surface area contributed by atoms with Gasteiger partial charge < -0.3 is 29.6 Å². The van der Waals surface area contributed by atoms with Crippen LogP contribution in [0.25, 0.3) is 22.3 Å².